The van der Waals surface area contributed by atoms with Gasteiger partial charge in [-0.3, -0.25) is 0 Å². The van der Waals surface area contributed by atoms with Crippen molar-refractivity contribution in [3.8, 4) is 0 Å². The quantitative estimate of drug-likeness (QED) is 0.439. The lowest BCUT2D eigenvalue weighted by molar-refractivity contribution is 0.0140. The fraction of sp³-hybridized carbons (Fsp3) is 0.556. The standard InChI is InChI=1S/C18H26O6/c1-2-3-4-7-10-22-11-12-23-13-14-24-18(21)16-9-6-5-8-15(16)17(19)20/h5-6,8-9H,2-4,7,10-14H2,1H3,(H,19,20). The number of carbonyl (C=O) groups is 2. The van der Waals surface area contributed by atoms with Crippen LogP contribution in [-0.2, 0) is 14.2 Å². The fourth-order valence-corrected chi connectivity index (χ4v) is 2.07. The fourth-order valence-electron chi connectivity index (χ4n) is 2.07. The first-order valence-electron chi connectivity index (χ1n) is 8.31. The van der Waals surface area contributed by atoms with Gasteiger partial charge in [-0.2, -0.15) is 0 Å². The number of carboxylic acids is 1. The van der Waals surface area contributed by atoms with Crippen molar-refractivity contribution < 1.29 is 28.9 Å². The second-order valence-electron chi connectivity index (χ2n) is 5.27. The molecule has 1 aromatic rings. The first-order valence-corrected chi connectivity index (χ1v) is 8.31. The van der Waals surface area contributed by atoms with Gasteiger partial charge in [-0.15, -0.1) is 0 Å². The molecule has 0 aliphatic rings. The zero-order chi connectivity index (χ0) is 17.6. The van der Waals surface area contributed by atoms with Gasteiger partial charge in [0.05, 0.1) is 30.9 Å². The molecule has 0 saturated carbocycles. The number of hydrogen-bond donors (Lipinski definition) is 1. The zero-order valence-corrected chi connectivity index (χ0v) is 14.2. The van der Waals surface area contributed by atoms with Gasteiger partial charge in [0.2, 0.25) is 0 Å². The average molecular weight is 338 g/mol. The van der Waals surface area contributed by atoms with E-state index in [1.165, 1.54) is 31.4 Å². The Bertz CT molecular complexity index is 500. The number of benzene rings is 1. The summed E-state index contributed by atoms with van der Waals surface area (Å²) in [5.41, 5.74) is -0.0275. The summed E-state index contributed by atoms with van der Waals surface area (Å²) in [5.74, 6) is -1.82. The number of aromatic carboxylic acids is 1. The Labute approximate surface area is 142 Å². The Kier molecular flexibility index (Phi) is 10.5. The van der Waals surface area contributed by atoms with Gasteiger partial charge in [0.1, 0.15) is 6.61 Å². The van der Waals surface area contributed by atoms with E-state index in [9.17, 15) is 9.59 Å². The van der Waals surface area contributed by atoms with E-state index in [2.05, 4.69) is 6.92 Å². The molecule has 0 radical (unpaired) electrons. The second kappa shape index (κ2) is 12.5. The normalized spacial score (nSPS) is 10.5. The van der Waals surface area contributed by atoms with Crippen molar-refractivity contribution in [3.63, 3.8) is 0 Å². The van der Waals surface area contributed by atoms with Crippen LogP contribution in [0.1, 0.15) is 53.3 Å². The van der Waals surface area contributed by atoms with E-state index in [4.69, 9.17) is 19.3 Å². The number of carbonyl (C=O) groups excluding carboxylic acids is 1. The van der Waals surface area contributed by atoms with E-state index in [0.29, 0.717) is 13.2 Å². The lowest BCUT2D eigenvalue weighted by Gasteiger charge is -2.08. The molecule has 0 bridgehead atoms. The van der Waals surface area contributed by atoms with Gasteiger partial charge in [0.25, 0.3) is 0 Å². The van der Waals surface area contributed by atoms with Crippen molar-refractivity contribution in [2.45, 2.75) is 32.6 Å². The Morgan fingerprint density at radius 1 is 0.875 bits per heavy atom. The molecule has 0 saturated heterocycles. The van der Waals surface area contributed by atoms with Gasteiger partial charge in [-0.1, -0.05) is 38.3 Å². The minimum Gasteiger partial charge on any atom is -0.478 e. The molecular weight excluding hydrogens is 312 g/mol. The Balaban J connectivity index is 2.09. The lowest BCUT2D eigenvalue weighted by Crippen LogP contribution is -2.15. The van der Waals surface area contributed by atoms with E-state index < -0.39 is 11.9 Å². The van der Waals surface area contributed by atoms with Crippen molar-refractivity contribution >= 4 is 11.9 Å². The van der Waals surface area contributed by atoms with Crippen LogP contribution in [0.3, 0.4) is 0 Å². The topological polar surface area (TPSA) is 82.1 Å². The molecule has 0 unspecified atom stereocenters. The molecule has 24 heavy (non-hydrogen) atoms. The summed E-state index contributed by atoms with van der Waals surface area (Å²) in [6, 6.07) is 5.95. The van der Waals surface area contributed by atoms with Crippen molar-refractivity contribution in [1.29, 1.82) is 0 Å². The number of esters is 1. The van der Waals surface area contributed by atoms with Crippen molar-refractivity contribution in [2.75, 3.05) is 33.0 Å². The highest BCUT2D eigenvalue weighted by Gasteiger charge is 2.16. The maximum Gasteiger partial charge on any atom is 0.339 e. The summed E-state index contributed by atoms with van der Waals surface area (Å²) in [6.45, 7) is 4.19. The summed E-state index contributed by atoms with van der Waals surface area (Å²) in [6.07, 6.45) is 4.69. The zero-order valence-electron chi connectivity index (χ0n) is 14.2. The Hall–Kier alpha value is -1.92. The third-order valence-corrected chi connectivity index (χ3v) is 3.35. The molecule has 0 heterocycles. The van der Waals surface area contributed by atoms with Gasteiger partial charge in [-0.05, 0) is 18.6 Å². The van der Waals surface area contributed by atoms with Gasteiger partial charge in [-0.25, -0.2) is 9.59 Å². The smallest absolute Gasteiger partial charge is 0.339 e. The SMILES string of the molecule is CCCCCCOCCOCCOC(=O)c1ccccc1C(=O)O. The maximum atomic E-state index is 11.9. The number of hydrogen-bond acceptors (Lipinski definition) is 5. The Morgan fingerprint density at radius 3 is 2.17 bits per heavy atom. The van der Waals surface area contributed by atoms with E-state index in [1.807, 2.05) is 0 Å². The predicted molar refractivity (Wildman–Crippen MR) is 89.5 cm³/mol. The average Bonchev–Trinajstić information content (AvgIpc) is 2.59. The maximum absolute atomic E-state index is 11.9. The van der Waals surface area contributed by atoms with Gasteiger partial charge in [0, 0.05) is 6.61 Å². The van der Waals surface area contributed by atoms with Crippen LogP contribution in [0, 0.1) is 0 Å². The molecule has 6 heteroatoms. The minimum atomic E-state index is -1.16. The van der Waals surface area contributed by atoms with Gasteiger partial charge in [0.15, 0.2) is 0 Å². The van der Waals surface area contributed by atoms with Crippen molar-refractivity contribution in [3.05, 3.63) is 35.4 Å². The van der Waals surface area contributed by atoms with Crippen LogP contribution >= 0.6 is 0 Å². The Morgan fingerprint density at radius 2 is 1.50 bits per heavy atom. The molecule has 1 rings (SSSR count). The number of rotatable bonds is 13. The molecule has 0 atom stereocenters. The molecule has 0 aliphatic carbocycles. The first-order chi connectivity index (χ1) is 11.7. The second-order valence-corrected chi connectivity index (χ2v) is 5.27. The molecule has 6 nitrogen and oxygen atoms in total. The van der Waals surface area contributed by atoms with Crippen molar-refractivity contribution in [2.24, 2.45) is 0 Å². The molecule has 1 N–H and O–H groups in total. The summed E-state index contributed by atoms with van der Waals surface area (Å²) >= 11 is 0. The highest BCUT2D eigenvalue weighted by atomic mass is 16.6. The first kappa shape index (κ1) is 20.1. The van der Waals surface area contributed by atoms with E-state index in [-0.39, 0.29) is 24.3 Å². The summed E-state index contributed by atoms with van der Waals surface area (Å²) in [4.78, 5) is 22.9. The van der Waals surface area contributed by atoms with E-state index in [1.54, 1.807) is 12.1 Å². The minimum absolute atomic E-state index is 0.0420. The number of unbranched alkanes of at least 4 members (excludes halogenated alkanes) is 3. The van der Waals surface area contributed by atoms with Gasteiger partial charge >= 0.3 is 11.9 Å². The molecule has 1 aromatic carbocycles. The van der Waals surface area contributed by atoms with Crippen LogP contribution in [0.5, 0.6) is 0 Å². The summed E-state index contributed by atoms with van der Waals surface area (Å²) < 4.78 is 15.8. The summed E-state index contributed by atoms with van der Waals surface area (Å²) in [5, 5.41) is 9.03. The highest BCUT2D eigenvalue weighted by Crippen LogP contribution is 2.10. The number of ether oxygens (including phenoxy) is 3. The highest BCUT2D eigenvalue weighted by molar-refractivity contribution is 6.02. The van der Waals surface area contributed by atoms with Crippen LogP contribution in [0.2, 0.25) is 0 Å². The molecule has 0 aliphatic heterocycles. The summed E-state index contributed by atoms with van der Waals surface area (Å²) in [7, 11) is 0. The van der Waals surface area contributed by atoms with Crippen LogP contribution in [0.25, 0.3) is 0 Å². The number of carboxylic acid groups (broad SMARTS) is 1. The third-order valence-electron chi connectivity index (χ3n) is 3.35. The lowest BCUT2D eigenvalue weighted by atomic mass is 10.1. The van der Waals surface area contributed by atoms with E-state index >= 15 is 0 Å². The molecule has 0 aromatic heterocycles. The van der Waals surface area contributed by atoms with Crippen LogP contribution in [0.15, 0.2) is 24.3 Å². The van der Waals surface area contributed by atoms with Crippen LogP contribution < -0.4 is 0 Å². The van der Waals surface area contributed by atoms with Crippen molar-refractivity contribution in [1.82, 2.24) is 0 Å². The largest absolute Gasteiger partial charge is 0.478 e. The molecule has 0 amide bonds. The molecule has 0 spiro atoms. The van der Waals surface area contributed by atoms with Crippen LogP contribution in [0.4, 0.5) is 0 Å². The van der Waals surface area contributed by atoms with E-state index in [0.717, 1.165) is 13.0 Å². The molecule has 0 fully saturated rings. The predicted octanol–water partition coefficient (Wildman–Crippen LogP) is 3.16. The third kappa shape index (κ3) is 8.08. The van der Waals surface area contributed by atoms with Gasteiger partial charge < -0.3 is 19.3 Å². The monoisotopic (exact) mass is 338 g/mol. The van der Waals surface area contributed by atoms with Crippen LogP contribution in [-0.4, -0.2) is 50.1 Å². The molecule has 134 valence electrons. The molecular formula is C18H26O6.